The van der Waals surface area contributed by atoms with Gasteiger partial charge in [0.05, 0.1) is 7.11 Å². The molecule has 1 unspecified atom stereocenters. The molecule has 20 heavy (non-hydrogen) atoms. The summed E-state index contributed by atoms with van der Waals surface area (Å²) in [6.45, 7) is 2.77. The van der Waals surface area contributed by atoms with Crippen molar-refractivity contribution in [1.29, 1.82) is 0 Å². The fourth-order valence-corrected chi connectivity index (χ4v) is 3.36. The average Bonchev–Trinajstić information content (AvgIpc) is 2.36. The fraction of sp³-hybridized carbons (Fsp3) is 0.538. The Hall–Kier alpha value is -1.15. The fourth-order valence-electron chi connectivity index (χ4n) is 1.97. The molecule has 0 aliphatic carbocycles. The molecular formula is C13H23N3O3S. The van der Waals surface area contributed by atoms with Crippen molar-refractivity contribution in [3.05, 3.63) is 23.8 Å². The van der Waals surface area contributed by atoms with E-state index in [1.165, 1.54) is 13.2 Å². The van der Waals surface area contributed by atoms with Crippen LogP contribution in [0.1, 0.15) is 12.5 Å². The number of benzene rings is 1. The highest BCUT2D eigenvalue weighted by atomic mass is 32.2. The van der Waals surface area contributed by atoms with E-state index in [1.54, 1.807) is 12.1 Å². The largest absolute Gasteiger partial charge is 0.495 e. The highest BCUT2D eigenvalue weighted by molar-refractivity contribution is 7.89. The lowest BCUT2D eigenvalue weighted by Gasteiger charge is -2.19. The molecule has 0 saturated heterocycles. The number of likely N-dealkylation sites (N-methyl/N-ethyl adjacent to an activating group) is 1. The monoisotopic (exact) mass is 301 g/mol. The number of ether oxygens (including phenoxy) is 1. The molecule has 6 nitrogen and oxygen atoms in total. The standard InChI is InChI=1S/C13H23N3O3S/c1-10(9-16(2)3)15-20(17,18)13-6-5-11(8-14)7-12(13)19-4/h5-7,10,15H,8-9,14H2,1-4H3. The van der Waals surface area contributed by atoms with Crippen LogP contribution in [0.15, 0.2) is 23.1 Å². The van der Waals surface area contributed by atoms with Gasteiger partial charge in [0.15, 0.2) is 0 Å². The lowest BCUT2D eigenvalue weighted by Crippen LogP contribution is -2.39. The van der Waals surface area contributed by atoms with Crippen molar-refractivity contribution < 1.29 is 13.2 Å². The second kappa shape index (κ2) is 7.03. The number of rotatable bonds is 7. The SMILES string of the molecule is COc1cc(CN)ccc1S(=O)(=O)NC(C)CN(C)C. The number of nitrogens with two attached hydrogens (primary N) is 1. The van der Waals surface area contributed by atoms with Crippen LogP contribution in [0.25, 0.3) is 0 Å². The molecule has 1 aromatic rings. The Kier molecular flexibility index (Phi) is 5.94. The molecule has 114 valence electrons. The zero-order chi connectivity index (χ0) is 15.3. The molecular weight excluding hydrogens is 278 g/mol. The first kappa shape index (κ1) is 16.9. The van der Waals surface area contributed by atoms with Crippen molar-refractivity contribution in [2.24, 2.45) is 5.73 Å². The van der Waals surface area contributed by atoms with Crippen molar-refractivity contribution in [2.45, 2.75) is 24.4 Å². The lowest BCUT2D eigenvalue weighted by molar-refractivity contribution is 0.369. The summed E-state index contributed by atoms with van der Waals surface area (Å²) in [4.78, 5) is 2.05. The number of sulfonamides is 1. The van der Waals surface area contributed by atoms with Crippen LogP contribution >= 0.6 is 0 Å². The summed E-state index contributed by atoms with van der Waals surface area (Å²) in [6, 6.07) is 4.65. The van der Waals surface area contributed by atoms with Gasteiger partial charge in [-0.2, -0.15) is 0 Å². The van der Waals surface area contributed by atoms with Gasteiger partial charge in [-0.05, 0) is 38.7 Å². The van der Waals surface area contributed by atoms with E-state index in [4.69, 9.17) is 10.5 Å². The summed E-state index contributed by atoms with van der Waals surface area (Å²) in [5.41, 5.74) is 6.36. The van der Waals surface area contributed by atoms with Crippen LogP contribution in [-0.2, 0) is 16.6 Å². The predicted molar refractivity (Wildman–Crippen MR) is 79.2 cm³/mol. The minimum atomic E-state index is -3.62. The molecule has 0 heterocycles. The minimum Gasteiger partial charge on any atom is -0.495 e. The summed E-state index contributed by atoms with van der Waals surface area (Å²) in [7, 11) is 1.61. The van der Waals surface area contributed by atoms with Gasteiger partial charge in [-0.1, -0.05) is 6.07 Å². The van der Waals surface area contributed by atoms with E-state index < -0.39 is 10.0 Å². The summed E-state index contributed by atoms with van der Waals surface area (Å²) in [6.07, 6.45) is 0. The maximum absolute atomic E-state index is 12.4. The molecule has 0 fully saturated rings. The molecule has 0 aromatic heterocycles. The Morgan fingerprint density at radius 1 is 1.40 bits per heavy atom. The maximum Gasteiger partial charge on any atom is 0.244 e. The Morgan fingerprint density at radius 3 is 2.55 bits per heavy atom. The third kappa shape index (κ3) is 4.45. The first-order valence-electron chi connectivity index (χ1n) is 6.34. The van der Waals surface area contributed by atoms with Gasteiger partial charge in [-0.15, -0.1) is 0 Å². The van der Waals surface area contributed by atoms with E-state index >= 15 is 0 Å². The molecule has 3 N–H and O–H groups in total. The van der Waals surface area contributed by atoms with Crippen LogP contribution in [0.5, 0.6) is 5.75 Å². The first-order valence-corrected chi connectivity index (χ1v) is 7.82. The van der Waals surface area contributed by atoms with Gasteiger partial charge in [0.1, 0.15) is 10.6 Å². The van der Waals surface area contributed by atoms with Crippen molar-refractivity contribution in [2.75, 3.05) is 27.7 Å². The van der Waals surface area contributed by atoms with Gasteiger partial charge < -0.3 is 15.4 Å². The highest BCUT2D eigenvalue weighted by Crippen LogP contribution is 2.25. The summed E-state index contributed by atoms with van der Waals surface area (Å²) in [5, 5.41) is 0. The second-order valence-corrected chi connectivity index (χ2v) is 6.66. The second-order valence-electron chi connectivity index (χ2n) is 4.97. The van der Waals surface area contributed by atoms with Gasteiger partial charge in [-0.25, -0.2) is 13.1 Å². The first-order chi connectivity index (χ1) is 9.30. The average molecular weight is 301 g/mol. The quantitative estimate of drug-likeness (QED) is 0.761. The molecule has 1 rings (SSSR count). The van der Waals surface area contributed by atoms with Crippen LogP contribution in [-0.4, -0.2) is 47.1 Å². The zero-order valence-electron chi connectivity index (χ0n) is 12.4. The molecule has 1 atom stereocenters. The topological polar surface area (TPSA) is 84.7 Å². The lowest BCUT2D eigenvalue weighted by atomic mass is 10.2. The summed E-state index contributed by atoms with van der Waals surface area (Å²) >= 11 is 0. The van der Waals surface area contributed by atoms with Crippen molar-refractivity contribution in [3.63, 3.8) is 0 Å². The van der Waals surface area contributed by atoms with E-state index in [0.29, 0.717) is 18.8 Å². The molecule has 0 bridgehead atoms. The molecule has 7 heteroatoms. The van der Waals surface area contributed by atoms with Gasteiger partial charge in [0, 0.05) is 19.1 Å². The van der Waals surface area contributed by atoms with Gasteiger partial charge in [0.2, 0.25) is 10.0 Å². The van der Waals surface area contributed by atoms with Crippen LogP contribution in [0.2, 0.25) is 0 Å². The smallest absolute Gasteiger partial charge is 0.244 e. The van der Waals surface area contributed by atoms with Crippen LogP contribution in [0.3, 0.4) is 0 Å². The third-order valence-electron chi connectivity index (χ3n) is 2.75. The van der Waals surface area contributed by atoms with Crippen molar-refractivity contribution in [1.82, 2.24) is 9.62 Å². The van der Waals surface area contributed by atoms with Crippen LogP contribution < -0.4 is 15.2 Å². The third-order valence-corrected chi connectivity index (χ3v) is 4.38. The predicted octanol–water partition coefficient (Wildman–Crippen LogP) is 0.382. The molecule has 0 amide bonds. The Labute approximate surface area is 121 Å². The number of methoxy groups -OCH3 is 1. The highest BCUT2D eigenvalue weighted by Gasteiger charge is 2.22. The van der Waals surface area contributed by atoms with Gasteiger partial charge in [0.25, 0.3) is 0 Å². The van der Waals surface area contributed by atoms with Crippen LogP contribution in [0.4, 0.5) is 0 Å². The van der Waals surface area contributed by atoms with Gasteiger partial charge >= 0.3 is 0 Å². The molecule has 0 aliphatic rings. The molecule has 0 aliphatic heterocycles. The Bertz CT molecular complexity index is 544. The number of nitrogens with one attached hydrogen (secondary N) is 1. The van der Waals surface area contributed by atoms with Crippen LogP contribution in [0, 0.1) is 0 Å². The summed E-state index contributed by atoms with van der Waals surface area (Å²) in [5.74, 6) is 0.303. The Balaban J connectivity index is 3.03. The number of hydrogen-bond donors (Lipinski definition) is 2. The maximum atomic E-state index is 12.4. The summed E-state index contributed by atoms with van der Waals surface area (Å²) < 4.78 is 32.5. The van der Waals surface area contributed by atoms with Crippen molar-refractivity contribution in [3.8, 4) is 5.75 Å². The zero-order valence-corrected chi connectivity index (χ0v) is 13.2. The van der Waals surface area contributed by atoms with E-state index in [9.17, 15) is 8.42 Å². The minimum absolute atomic E-state index is 0.128. The van der Waals surface area contributed by atoms with E-state index in [2.05, 4.69) is 4.72 Å². The van der Waals surface area contributed by atoms with E-state index in [-0.39, 0.29) is 10.9 Å². The van der Waals surface area contributed by atoms with E-state index in [0.717, 1.165) is 5.56 Å². The Morgan fingerprint density at radius 2 is 2.05 bits per heavy atom. The normalized spacial score (nSPS) is 13.5. The molecule has 1 aromatic carbocycles. The number of nitrogens with zero attached hydrogens (tertiary/aromatic N) is 1. The van der Waals surface area contributed by atoms with E-state index in [1.807, 2.05) is 25.9 Å². The van der Waals surface area contributed by atoms with Gasteiger partial charge in [-0.3, -0.25) is 0 Å². The molecule has 0 radical (unpaired) electrons. The van der Waals surface area contributed by atoms with Crippen molar-refractivity contribution >= 4 is 10.0 Å². The number of hydrogen-bond acceptors (Lipinski definition) is 5. The molecule has 0 spiro atoms. The molecule has 0 saturated carbocycles.